The quantitative estimate of drug-likeness (QED) is 0.714. The van der Waals surface area contributed by atoms with Gasteiger partial charge in [-0.05, 0) is 49.1 Å². The molecule has 1 heterocycles. The zero-order chi connectivity index (χ0) is 12.5. The van der Waals surface area contributed by atoms with E-state index in [0.717, 1.165) is 11.6 Å². The third-order valence-corrected chi connectivity index (χ3v) is 3.77. The topological polar surface area (TPSA) is 3.24 Å². The van der Waals surface area contributed by atoms with Crippen LogP contribution in [0.2, 0.25) is 5.02 Å². The fourth-order valence-corrected chi connectivity index (χ4v) is 2.93. The number of nitrogens with zero attached hydrogens (tertiary/aromatic N) is 1. The van der Waals surface area contributed by atoms with Gasteiger partial charge in [0, 0.05) is 22.9 Å². The highest BCUT2D eigenvalue weighted by Crippen LogP contribution is 2.36. The molecule has 0 saturated heterocycles. The SMILES string of the molecule is Cc1cccc2c1N(c1cccc(Cl)c1)CCC2. The normalized spacial score (nSPS) is 14.4. The van der Waals surface area contributed by atoms with E-state index in [1.165, 1.54) is 35.3 Å². The molecule has 0 spiro atoms. The van der Waals surface area contributed by atoms with Crippen molar-refractivity contribution in [2.75, 3.05) is 11.4 Å². The lowest BCUT2D eigenvalue weighted by molar-refractivity contribution is 0.764. The molecule has 0 N–H and O–H groups in total. The van der Waals surface area contributed by atoms with Gasteiger partial charge in [-0.1, -0.05) is 35.9 Å². The molecule has 0 fully saturated rings. The minimum Gasteiger partial charge on any atom is -0.341 e. The second-order valence-electron chi connectivity index (χ2n) is 4.82. The minimum absolute atomic E-state index is 0.799. The number of fused-ring (bicyclic) bond motifs is 1. The van der Waals surface area contributed by atoms with E-state index in [9.17, 15) is 0 Å². The second kappa shape index (κ2) is 4.66. The summed E-state index contributed by atoms with van der Waals surface area (Å²) in [6.07, 6.45) is 2.37. The lowest BCUT2D eigenvalue weighted by Gasteiger charge is -2.33. The van der Waals surface area contributed by atoms with E-state index in [0.29, 0.717) is 0 Å². The molecule has 0 bridgehead atoms. The number of anilines is 2. The minimum atomic E-state index is 0.799. The Bertz CT molecular complexity index is 577. The summed E-state index contributed by atoms with van der Waals surface area (Å²) in [7, 11) is 0. The molecule has 0 atom stereocenters. The highest BCUT2D eigenvalue weighted by atomic mass is 35.5. The molecular formula is C16H16ClN. The highest BCUT2D eigenvalue weighted by molar-refractivity contribution is 6.30. The summed E-state index contributed by atoms with van der Waals surface area (Å²) in [6, 6.07) is 14.7. The van der Waals surface area contributed by atoms with Gasteiger partial charge in [0.2, 0.25) is 0 Å². The summed E-state index contributed by atoms with van der Waals surface area (Å²) >= 11 is 6.10. The van der Waals surface area contributed by atoms with Crippen molar-refractivity contribution < 1.29 is 0 Å². The number of halogens is 1. The van der Waals surface area contributed by atoms with Crippen molar-refractivity contribution in [2.45, 2.75) is 19.8 Å². The van der Waals surface area contributed by atoms with E-state index in [2.05, 4.69) is 36.1 Å². The first-order chi connectivity index (χ1) is 8.75. The molecule has 0 aromatic heterocycles. The van der Waals surface area contributed by atoms with Crippen molar-refractivity contribution in [1.82, 2.24) is 0 Å². The average Bonchev–Trinajstić information content (AvgIpc) is 2.38. The summed E-state index contributed by atoms with van der Waals surface area (Å²) in [5, 5.41) is 0.799. The third-order valence-electron chi connectivity index (χ3n) is 3.54. The van der Waals surface area contributed by atoms with Gasteiger partial charge < -0.3 is 4.90 Å². The van der Waals surface area contributed by atoms with E-state index in [4.69, 9.17) is 11.6 Å². The van der Waals surface area contributed by atoms with E-state index >= 15 is 0 Å². The lowest BCUT2D eigenvalue weighted by atomic mass is 9.97. The molecule has 0 amide bonds. The number of para-hydroxylation sites is 1. The molecular weight excluding hydrogens is 242 g/mol. The summed E-state index contributed by atoms with van der Waals surface area (Å²) in [4.78, 5) is 2.39. The van der Waals surface area contributed by atoms with Gasteiger partial charge in [0.25, 0.3) is 0 Å². The summed E-state index contributed by atoms with van der Waals surface area (Å²) in [5.41, 5.74) is 5.34. The zero-order valence-corrected chi connectivity index (χ0v) is 11.2. The second-order valence-corrected chi connectivity index (χ2v) is 5.25. The van der Waals surface area contributed by atoms with Crippen LogP contribution in [0.1, 0.15) is 17.5 Å². The molecule has 1 nitrogen and oxygen atoms in total. The van der Waals surface area contributed by atoms with Crippen LogP contribution in [0.3, 0.4) is 0 Å². The van der Waals surface area contributed by atoms with Crippen LogP contribution in [-0.2, 0) is 6.42 Å². The van der Waals surface area contributed by atoms with Crippen LogP contribution in [0.5, 0.6) is 0 Å². The third kappa shape index (κ3) is 1.99. The Kier molecular flexibility index (Phi) is 3.00. The standard InChI is InChI=1S/C16H16ClN/c1-12-5-2-6-13-7-4-10-18(16(12)13)15-9-3-8-14(17)11-15/h2-3,5-6,8-9,11H,4,7,10H2,1H3. The average molecular weight is 258 g/mol. The first-order valence-corrected chi connectivity index (χ1v) is 6.75. The van der Waals surface area contributed by atoms with Crippen molar-refractivity contribution in [1.29, 1.82) is 0 Å². The molecule has 0 unspecified atom stereocenters. The fourth-order valence-electron chi connectivity index (χ4n) is 2.75. The predicted molar refractivity (Wildman–Crippen MR) is 78.0 cm³/mol. The van der Waals surface area contributed by atoms with Crippen LogP contribution < -0.4 is 4.90 Å². The van der Waals surface area contributed by atoms with Gasteiger partial charge in [0.15, 0.2) is 0 Å². The van der Waals surface area contributed by atoms with Crippen molar-refractivity contribution in [2.24, 2.45) is 0 Å². The van der Waals surface area contributed by atoms with Gasteiger partial charge in [-0.25, -0.2) is 0 Å². The van der Waals surface area contributed by atoms with Gasteiger partial charge in [-0.3, -0.25) is 0 Å². The van der Waals surface area contributed by atoms with Crippen LogP contribution in [0.4, 0.5) is 11.4 Å². The Hall–Kier alpha value is -1.47. The van der Waals surface area contributed by atoms with Crippen molar-refractivity contribution >= 4 is 23.0 Å². The first kappa shape index (κ1) is 11.6. The molecule has 1 aliphatic heterocycles. The van der Waals surface area contributed by atoms with E-state index in [1.807, 2.05) is 18.2 Å². The smallest absolute Gasteiger partial charge is 0.0472 e. The van der Waals surface area contributed by atoms with Crippen molar-refractivity contribution in [3.05, 3.63) is 58.6 Å². The molecule has 18 heavy (non-hydrogen) atoms. The Morgan fingerprint density at radius 3 is 2.78 bits per heavy atom. The molecule has 2 heteroatoms. The van der Waals surface area contributed by atoms with Crippen molar-refractivity contribution in [3.8, 4) is 0 Å². The number of benzene rings is 2. The van der Waals surface area contributed by atoms with Gasteiger partial charge >= 0.3 is 0 Å². The summed E-state index contributed by atoms with van der Waals surface area (Å²) < 4.78 is 0. The summed E-state index contributed by atoms with van der Waals surface area (Å²) in [5.74, 6) is 0. The molecule has 0 aliphatic carbocycles. The Morgan fingerprint density at radius 2 is 1.94 bits per heavy atom. The van der Waals surface area contributed by atoms with Crippen LogP contribution in [0.15, 0.2) is 42.5 Å². The van der Waals surface area contributed by atoms with Gasteiger partial charge in [0.05, 0.1) is 0 Å². The number of aryl methyl sites for hydroxylation is 2. The molecule has 0 saturated carbocycles. The fraction of sp³-hybridized carbons (Fsp3) is 0.250. The van der Waals surface area contributed by atoms with E-state index in [-0.39, 0.29) is 0 Å². The Morgan fingerprint density at radius 1 is 1.11 bits per heavy atom. The van der Waals surface area contributed by atoms with Crippen LogP contribution in [-0.4, -0.2) is 6.54 Å². The maximum Gasteiger partial charge on any atom is 0.0472 e. The molecule has 92 valence electrons. The molecule has 1 aliphatic rings. The monoisotopic (exact) mass is 257 g/mol. The number of hydrogen-bond donors (Lipinski definition) is 0. The van der Waals surface area contributed by atoms with E-state index < -0.39 is 0 Å². The van der Waals surface area contributed by atoms with Crippen LogP contribution >= 0.6 is 11.6 Å². The lowest BCUT2D eigenvalue weighted by Crippen LogP contribution is -2.25. The molecule has 3 rings (SSSR count). The van der Waals surface area contributed by atoms with Crippen molar-refractivity contribution in [3.63, 3.8) is 0 Å². The molecule has 2 aromatic rings. The zero-order valence-electron chi connectivity index (χ0n) is 10.5. The summed E-state index contributed by atoms with van der Waals surface area (Å²) in [6.45, 7) is 3.25. The van der Waals surface area contributed by atoms with Crippen LogP contribution in [0.25, 0.3) is 0 Å². The Labute approximate surface area is 113 Å². The number of rotatable bonds is 1. The van der Waals surface area contributed by atoms with Gasteiger partial charge in [-0.2, -0.15) is 0 Å². The maximum absolute atomic E-state index is 6.10. The number of hydrogen-bond acceptors (Lipinski definition) is 1. The predicted octanol–water partition coefficient (Wildman–Crippen LogP) is 4.73. The van der Waals surface area contributed by atoms with Gasteiger partial charge in [-0.15, -0.1) is 0 Å². The van der Waals surface area contributed by atoms with Crippen LogP contribution in [0, 0.1) is 6.92 Å². The van der Waals surface area contributed by atoms with Gasteiger partial charge in [0.1, 0.15) is 0 Å². The molecule has 2 aromatic carbocycles. The first-order valence-electron chi connectivity index (χ1n) is 6.37. The maximum atomic E-state index is 6.10. The highest BCUT2D eigenvalue weighted by Gasteiger charge is 2.19. The van der Waals surface area contributed by atoms with E-state index in [1.54, 1.807) is 0 Å². The Balaban J connectivity index is 2.11. The largest absolute Gasteiger partial charge is 0.341 e. The molecule has 0 radical (unpaired) electrons.